The molecule has 0 spiro atoms. The maximum absolute atomic E-state index is 14.6. The highest BCUT2D eigenvalue weighted by atomic mass is 19.1. The second-order valence-electron chi connectivity index (χ2n) is 34.8. The first kappa shape index (κ1) is 97.5. The van der Waals surface area contributed by atoms with Gasteiger partial charge in [0.25, 0.3) is 0 Å². The van der Waals surface area contributed by atoms with Crippen molar-refractivity contribution in [3.8, 4) is 0 Å². The molecule has 4 fully saturated rings. The molecule has 0 radical (unpaired) electrons. The average molecular weight is 1600 g/mol. The zero-order chi connectivity index (χ0) is 85.3. The molecule has 0 bridgehead atoms. The van der Waals surface area contributed by atoms with E-state index in [1.165, 1.54) is 38.1 Å². The first-order chi connectivity index (χ1) is 52.5. The molecule has 26 atom stereocenters. The fourth-order valence-corrected chi connectivity index (χ4v) is 16.9. The number of carbonyl (C=O) groups excluding carboxylic acids is 7. The summed E-state index contributed by atoms with van der Waals surface area (Å²) in [7, 11) is 10.9. The zero-order valence-electron chi connectivity index (χ0n) is 72.4. The summed E-state index contributed by atoms with van der Waals surface area (Å²) in [6, 6.07) is 11.5. The van der Waals surface area contributed by atoms with Crippen LogP contribution in [0.2, 0.25) is 0 Å². The molecule has 6 rings (SSSR count). The van der Waals surface area contributed by atoms with Gasteiger partial charge in [0.05, 0.1) is 35.6 Å². The highest BCUT2D eigenvalue weighted by Crippen LogP contribution is 2.43. The van der Waals surface area contributed by atoms with E-state index in [1.54, 1.807) is 98.8 Å². The third kappa shape index (κ3) is 26.0. The number of benzene rings is 2. The van der Waals surface area contributed by atoms with Crippen molar-refractivity contribution in [2.75, 3.05) is 68.6 Å². The smallest absolute Gasteiger partial charge is 0.410 e. The number of hydrogen-bond donors (Lipinski definition) is 6. The van der Waals surface area contributed by atoms with E-state index in [2.05, 4.69) is 34.7 Å². The molecule has 0 saturated carbocycles. The van der Waals surface area contributed by atoms with Crippen LogP contribution in [0.3, 0.4) is 0 Å². The molecule has 27 nitrogen and oxygen atoms in total. The molecule has 4 heterocycles. The lowest BCUT2D eigenvalue weighted by atomic mass is 9.78. The number of cyclic esters (lactones) is 2. The first-order valence-electron chi connectivity index (χ1n) is 40.4. The number of carbonyl (C=O) groups is 7. The molecule has 0 aliphatic carbocycles. The van der Waals surface area contributed by atoms with Crippen molar-refractivity contribution in [2.24, 2.45) is 64.7 Å². The summed E-state index contributed by atoms with van der Waals surface area (Å²) in [6.45, 7) is 38.7. The highest BCUT2D eigenvalue weighted by molar-refractivity contribution is 6.00. The fourth-order valence-electron chi connectivity index (χ4n) is 16.9. The number of likely N-dealkylation sites (N-methyl/N-ethyl adjacent to an activating group) is 1. The fraction of sp³-hybridized carbons (Fsp3) is 0.774. The van der Waals surface area contributed by atoms with E-state index < -0.39 is 149 Å². The predicted octanol–water partition coefficient (Wildman–Crippen LogP) is 10.5. The Morgan fingerprint density at radius 2 is 1.02 bits per heavy atom. The standard InChI is InChI=1S/C45H75FN4O10.C39H65FN4O9/c1-16-36-45(12,59-41(47)53)30(6)31(7)50(42(54)60-43(8,9)10)25-26(2)22-44(11,55-15)38(28(4)37(51)29(5)39(52)57-36)58-40-27(3)35(49(13)14)21-34(56-40)24-48-23-32-17-19-33(46)20-18-32;1-12-31-39(8,53-37(41)48)25(5)26(6)43-19-22(2)18-38(7,49-11)34(23(3)32(45)24(4)35(47)51-31)52-36-33(46)30(44(9)10)17-29(50-36)21-42-20-27-13-15-28(40)16-14-27/h17-20,26-31,34-36,38,40,48H,16,21-25H2,1-15H3,(H2,47,53);13-16,22-26,29-31,33-34,36,42-43,46H,12,17-21H2,1-11H3,(H2,41,48)/t26-,27?,28+,29?,30-,31-,34?,35?,36-,38-,40+,44-,45+;22-,23+,24?,25-,26-,29?,30?,31-,33?,34-,36+,38-,39+/m11/s1. The number of hydrogen-bond acceptors (Lipinski definition) is 24. The van der Waals surface area contributed by atoms with Gasteiger partial charge >= 0.3 is 30.2 Å². The number of aliphatic hydroxyl groups excluding tert-OH is 1. The monoisotopic (exact) mass is 1600 g/mol. The summed E-state index contributed by atoms with van der Waals surface area (Å²) >= 11 is 0. The Balaban J connectivity index is 0.000000407. The molecule has 2 aromatic rings. The maximum Gasteiger partial charge on any atom is 0.410 e. The minimum Gasteiger partial charge on any atom is -0.458 e. The van der Waals surface area contributed by atoms with Gasteiger partial charge in [-0.3, -0.25) is 19.2 Å². The van der Waals surface area contributed by atoms with Crippen molar-refractivity contribution in [3.63, 3.8) is 0 Å². The van der Waals surface area contributed by atoms with E-state index in [0.717, 1.165) is 11.1 Å². The largest absolute Gasteiger partial charge is 0.458 e. The normalized spacial score (nSPS) is 36.6. The van der Waals surface area contributed by atoms with Crippen molar-refractivity contribution in [1.29, 1.82) is 0 Å². The first-order valence-corrected chi connectivity index (χ1v) is 40.4. The van der Waals surface area contributed by atoms with Crippen LogP contribution >= 0.6 is 0 Å². The number of amides is 3. The number of Topliss-reactive ketones (excluding diaryl/α,β-unsaturated/α-hetero) is 2. The van der Waals surface area contributed by atoms with Gasteiger partial charge in [0.2, 0.25) is 0 Å². The quantitative estimate of drug-likeness (QED) is 0.0407. The van der Waals surface area contributed by atoms with Crippen LogP contribution in [0.15, 0.2) is 48.5 Å². The molecule has 4 aliphatic heterocycles. The highest BCUT2D eigenvalue weighted by Gasteiger charge is 2.55. The molecule has 2 aromatic carbocycles. The van der Waals surface area contributed by atoms with Crippen molar-refractivity contribution in [2.45, 2.75) is 298 Å². The Hall–Kier alpha value is -6.09. The minimum atomic E-state index is -1.51. The van der Waals surface area contributed by atoms with Crippen LogP contribution in [0.25, 0.3) is 0 Å². The molecule has 8 unspecified atom stereocenters. The van der Waals surface area contributed by atoms with Crippen LogP contribution in [0.4, 0.5) is 23.2 Å². The van der Waals surface area contributed by atoms with Gasteiger partial charge in [-0.1, -0.05) is 86.6 Å². The average Bonchev–Trinajstić information content (AvgIpc) is 1.76. The number of ether oxygens (including phenoxy) is 11. The SMILES string of the molecule is CC[C@H]1OC(=O)C(C)C(=O)[C@H](C)[C@@H](O[C@@H]2OC(CNCc3ccc(F)cc3)CC(N(C)C)C2C)[C@](C)(OC)C[C@@H](C)CN(C(=O)OC(C)(C)C)[C@H](C)[C@@H](C)[C@]1(C)OC(N)=O.CC[C@H]1OC(=O)C(C)C(=O)[C@H](C)[C@@H](O[C@@H]2OC(CNCc3ccc(F)cc3)CC(N(C)C)C2O)[C@](C)(OC)C[C@@H](C)CN[C@H](C)[C@@H](C)[C@]1(C)OC(N)=O. The van der Waals surface area contributed by atoms with Crippen LogP contribution in [0, 0.1) is 64.9 Å². The molecule has 29 heteroatoms. The lowest BCUT2D eigenvalue weighted by Gasteiger charge is -2.48. The molecule has 4 aliphatic rings. The lowest BCUT2D eigenvalue weighted by molar-refractivity contribution is -0.297. The summed E-state index contributed by atoms with van der Waals surface area (Å²) in [4.78, 5) is 101. The van der Waals surface area contributed by atoms with E-state index in [0.29, 0.717) is 64.8 Å². The number of rotatable bonds is 20. The Morgan fingerprint density at radius 1 is 0.619 bits per heavy atom. The second-order valence-corrected chi connectivity index (χ2v) is 34.8. The molecule has 3 amide bonds. The van der Waals surface area contributed by atoms with Crippen molar-refractivity contribution in [1.82, 2.24) is 30.7 Å². The van der Waals surface area contributed by atoms with Gasteiger partial charge in [-0.05, 0) is 197 Å². The Morgan fingerprint density at radius 3 is 1.42 bits per heavy atom. The number of esters is 2. The van der Waals surface area contributed by atoms with Gasteiger partial charge < -0.3 is 99.3 Å². The number of nitrogens with zero attached hydrogens (tertiary/aromatic N) is 3. The molecule has 113 heavy (non-hydrogen) atoms. The second kappa shape index (κ2) is 42.3. The summed E-state index contributed by atoms with van der Waals surface area (Å²) in [5, 5.41) is 22.0. The van der Waals surface area contributed by atoms with E-state index in [1.807, 2.05) is 88.5 Å². The Bertz CT molecular complexity index is 3380. The topological polar surface area (TPSA) is 339 Å². The van der Waals surface area contributed by atoms with E-state index in [9.17, 15) is 47.4 Å². The van der Waals surface area contributed by atoms with E-state index in [4.69, 9.17) is 63.6 Å². The van der Waals surface area contributed by atoms with Crippen LogP contribution < -0.4 is 27.4 Å². The van der Waals surface area contributed by atoms with Crippen LogP contribution in [-0.4, -0.2) is 238 Å². The summed E-state index contributed by atoms with van der Waals surface area (Å²) in [5.41, 5.74) is 7.15. The zero-order valence-corrected chi connectivity index (χ0v) is 72.4. The number of ketones is 2. The van der Waals surface area contributed by atoms with Crippen LogP contribution in [0.5, 0.6) is 0 Å². The summed E-state index contributed by atoms with van der Waals surface area (Å²) in [5.74, 6) is -8.73. The minimum absolute atomic E-state index is 0.0103. The van der Waals surface area contributed by atoms with Gasteiger partial charge in [-0.2, -0.15) is 0 Å². The summed E-state index contributed by atoms with van der Waals surface area (Å²) in [6.07, 6.45) is -7.63. The molecule has 644 valence electrons. The number of methoxy groups -OCH3 is 2. The third-order valence-corrected chi connectivity index (χ3v) is 24.4. The number of primary amides is 2. The van der Waals surface area contributed by atoms with E-state index in [-0.39, 0.29) is 78.6 Å². The van der Waals surface area contributed by atoms with Gasteiger partial charge in [0, 0.05) is 101 Å². The number of nitrogens with two attached hydrogens (primary N) is 2. The molecule has 0 aromatic heterocycles. The lowest BCUT2D eigenvalue weighted by Crippen LogP contribution is -2.60. The van der Waals surface area contributed by atoms with E-state index >= 15 is 0 Å². The maximum atomic E-state index is 14.6. The van der Waals surface area contributed by atoms with Crippen molar-refractivity contribution >= 4 is 41.8 Å². The molecular formula is C84H140F2N8O19. The summed E-state index contributed by atoms with van der Waals surface area (Å²) < 4.78 is 96.0. The number of aliphatic hydroxyl groups is 1. The van der Waals surface area contributed by atoms with Gasteiger partial charge in [0.15, 0.2) is 35.3 Å². The van der Waals surface area contributed by atoms with Crippen molar-refractivity contribution < 1.29 is 99.6 Å². The Kier molecular flexibility index (Phi) is 36.5. The molecule has 8 N–H and O–H groups in total. The van der Waals surface area contributed by atoms with Crippen molar-refractivity contribution in [3.05, 3.63) is 71.3 Å². The van der Waals surface area contributed by atoms with Gasteiger partial charge in [-0.25, -0.2) is 23.2 Å². The third-order valence-electron chi connectivity index (χ3n) is 24.4. The van der Waals surface area contributed by atoms with Gasteiger partial charge in [-0.15, -0.1) is 0 Å². The van der Waals surface area contributed by atoms with Gasteiger partial charge in [0.1, 0.15) is 47.4 Å². The Labute approximate surface area is 671 Å². The van der Waals surface area contributed by atoms with Crippen LogP contribution in [0.1, 0.15) is 188 Å². The number of halogens is 2. The predicted molar refractivity (Wildman–Crippen MR) is 424 cm³/mol. The van der Waals surface area contributed by atoms with Crippen LogP contribution in [-0.2, 0) is 84.4 Å². The molecular weight excluding hydrogens is 1460 g/mol. The molecule has 4 saturated heterocycles. The number of nitrogens with one attached hydrogen (secondary N) is 3.